The zero-order valence-corrected chi connectivity index (χ0v) is 13.4. The van der Waals surface area contributed by atoms with Crippen LogP contribution in [0.15, 0.2) is 28.8 Å². The van der Waals surface area contributed by atoms with Gasteiger partial charge in [-0.3, -0.25) is 4.79 Å². The van der Waals surface area contributed by atoms with Crippen molar-refractivity contribution < 1.29 is 9.32 Å². The van der Waals surface area contributed by atoms with E-state index in [0.29, 0.717) is 24.6 Å². The standard InChI is InChI=1S/C18H22N2O2/c1-12(2)15-5-4-14-6-7-20(11-16(14)9-15)18(21)10-17-8-13(3)22-19-17/h4-5,8-9,12H,6-7,10-11H2,1-3H3. The van der Waals surface area contributed by atoms with Crippen LogP contribution in [0.25, 0.3) is 0 Å². The molecule has 0 aliphatic carbocycles. The molecule has 4 heteroatoms. The molecule has 0 unspecified atom stereocenters. The van der Waals surface area contributed by atoms with E-state index in [4.69, 9.17) is 4.52 Å². The number of rotatable bonds is 3. The van der Waals surface area contributed by atoms with Gasteiger partial charge in [0.05, 0.1) is 12.1 Å². The molecule has 1 amide bonds. The van der Waals surface area contributed by atoms with E-state index in [1.54, 1.807) is 0 Å². The molecule has 22 heavy (non-hydrogen) atoms. The van der Waals surface area contributed by atoms with Gasteiger partial charge in [0.2, 0.25) is 5.91 Å². The maximum Gasteiger partial charge on any atom is 0.229 e. The number of nitrogens with zero attached hydrogens (tertiary/aromatic N) is 2. The molecule has 2 aromatic rings. The SMILES string of the molecule is Cc1cc(CC(=O)N2CCc3ccc(C(C)C)cc3C2)no1. The fraction of sp³-hybridized carbons (Fsp3) is 0.444. The lowest BCUT2D eigenvalue weighted by Gasteiger charge is -2.29. The molecule has 3 rings (SSSR count). The minimum absolute atomic E-state index is 0.119. The average Bonchev–Trinajstić information content (AvgIpc) is 2.91. The van der Waals surface area contributed by atoms with Crippen molar-refractivity contribution in [2.45, 2.75) is 46.1 Å². The smallest absolute Gasteiger partial charge is 0.229 e. The lowest BCUT2D eigenvalue weighted by molar-refractivity contribution is -0.131. The molecule has 1 aromatic heterocycles. The molecular formula is C18H22N2O2. The fourth-order valence-corrected chi connectivity index (χ4v) is 2.92. The summed E-state index contributed by atoms with van der Waals surface area (Å²) in [5.74, 6) is 1.37. The minimum atomic E-state index is 0.119. The molecule has 1 aliphatic heterocycles. The zero-order chi connectivity index (χ0) is 15.7. The number of amides is 1. The Morgan fingerprint density at radius 1 is 1.32 bits per heavy atom. The highest BCUT2D eigenvalue weighted by molar-refractivity contribution is 5.78. The van der Waals surface area contributed by atoms with Gasteiger partial charge in [-0.1, -0.05) is 37.2 Å². The van der Waals surface area contributed by atoms with Crippen molar-refractivity contribution in [3.8, 4) is 0 Å². The number of aromatic nitrogens is 1. The maximum absolute atomic E-state index is 12.4. The first-order valence-corrected chi connectivity index (χ1v) is 7.84. The van der Waals surface area contributed by atoms with E-state index >= 15 is 0 Å². The van der Waals surface area contributed by atoms with E-state index in [2.05, 4.69) is 37.2 Å². The van der Waals surface area contributed by atoms with Gasteiger partial charge < -0.3 is 9.42 Å². The molecule has 0 spiro atoms. The molecule has 0 atom stereocenters. The lowest BCUT2D eigenvalue weighted by Crippen LogP contribution is -2.37. The predicted octanol–water partition coefficient (Wildman–Crippen LogP) is 3.23. The molecule has 0 fully saturated rings. The number of carbonyl (C=O) groups is 1. The van der Waals surface area contributed by atoms with Crippen LogP contribution in [0, 0.1) is 6.92 Å². The summed E-state index contributed by atoms with van der Waals surface area (Å²) in [6.07, 6.45) is 1.24. The monoisotopic (exact) mass is 298 g/mol. The highest BCUT2D eigenvalue weighted by Crippen LogP contribution is 2.24. The Morgan fingerprint density at radius 3 is 2.82 bits per heavy atom. The van der Waals surface area contributed by atoms with Crippen molar-refractivity contribution in [3.05, 3.63) is 52.4 Å². The highest BCUT2D eigenvalue weighted by Gasteiger charge is 2.22. The number of aryl methyl sites for hydroxylation is 1. The molecule has 0 saturated carbocycles. The van der Waals surface area contributed by atoms with Crippen LogP contribution in [-0.4, -0.2) is 22.5 Å². The summed E-state index contributed by atoms with van der Waals surface area (Å²) < 4.78 is 5.03. The summed E-state index contributed by atoms with van der Waals surface area (Å²) in [5.41, 5.74) is 4.69. The van der Waals surface area contributed by atoms with Gasteiger partial charge in [-0.15, -0.1) is 0 Å². The van der Waals surface area contributed by atoms with Crippen LogP contribution < -0.4 is 0 Å². The van der Waals surface area contributed by atoms with E-state index < -0.39 is 0 Å². The Bertz CT molecular complexity index is 688. The van der Waals surface area contributed by atoms with E-state index in [1.807, 2.05) is 17.9 Å². The molecule has 2 heterocycles. The first-order chi connectivity index (χ1) is 10.5. The Labute approximate surface area is 131 Å². The van der Waals surface area contributed by atoms with Gasteiger partial charge in [0, 0.05) is 19.2 Å². The number of benzene rings is 1. The van der Waals surface area contributed by atoms with Gasteiger partial charge in [0.1, 0.15) is 5.76 Å². The van der Waals surface area contributed by atoms with Crippen molar-refractivity contribution in [2.75, 3.05) is 6.54 Å². The summed E-state index contributed by atoms with van der Waals surface area (Å²) in [6, 6.07) is 8.50. The number of hydrogen-bond acceptors (Lipinski definition) is 3. The first kappa shape index (κ1) is 14.8. The Kier molecular flexibility index (Phi) is 4.01. The van der Waals surface area contributed by atoms with Crippen LogP contribution in [0.2, 0.25) is 0 Å². The van der Waals surface area contributed by atoms with Gasteiger partial charge >= 0.3 is 0 Å². The Morgan fingerprint density at radius 2 is 2.14 bits per heavy atom. The van der Waals surface area contributed by atoms with E-state index in [0.717, 1.165) is 18.7 Å². The molecule has 0 saturated heterocycles. The summed E-state index contributed by atoms with van der Waals surface area (Å²) in [7, 11) is 0. The number of fused-ring (bicyclic) bond motifs is 1. The van der Waals surface area contributed by atoms with E-state index in [1.165, 1.54) is 16.7 Å². The van der Waals surface area contributed by atoms with E-state index in [9.17, 15) is 4.79 Å². The maximum atomic E-state index is 12.4. The summed E-state index contributed by atoms with van der Waals surface area (Å²) >= 11 is 0. The summed E-state index contributed by atoms with van der Waals surface area (Å²) in [4.78, 5) is 14.4. The molecule has 0 N–H and O–H groups in total. The lowest BCUT2D eigenvalue weighted by atomic mass is 9.93. The van der Waals surface area contributed by atoms with Gasteiger partial charge in [0.25, 0.3) is 0 Å². The molecular weight excluding hydrogens is 276 g/mol. The second-order valence-electron chi connectivity index (χ2n) is 6.35. The van der Waals surface area contributed by atoms with Crippen LogP contribution >= 0.6 is 0 Å². The third-order valence-electron chi connectivity index (χ3n) is 4.27. The third-order valence-corrected chi connectivity index (χ3v) is 4.27. The second-order valence-corrected chi connectivity index (χ2v) is 6.35. The number of carbonyl (C=O) groups excluding carboxylic acids is 1. The normalized spacial score (nSPS) is 14.3. The van der Waals surface area contributed by atoms with Crippen molar-refractivity contribution in [2.24, 2.45) is 0 Å². The number of hydrogen-bond donors (Lipinski definition) is 0. The largest absolute Gasteiger partial charge is 0.361 e. The first-order valence-electron chi connectivity index (χ1n) is 7.84. The molecule has 116 valence electrons. The van der Waals surface area contributed by atoms with Crippen LogP contribution in [0.4, 0.5) is 0 Å². The van der Waals surface area contributed by atoms with Crippen molar-refractivity contribution in [3.63, 3.8) is 0 Å². The summed E-state index contributed by atoms with van der Waals surface area (Å²) in [6.45, 7) is 7.71. The van der Waals surface area contributed by atoms with E-state index in [-0.39, 0.29) is 5.91 Å². The average molecular weight is 298 g/mol. The van der Waals surface area contributed by atoms with Crippen LogP contribution in [0.1, 0.15) is 47.9 Å². The van der Waals surface area contributed by atoms with Crippen molar-refractivity contribution >= 4 is 5.91 Å². The quantitative estimate of drug-likeness (QED) is 0.874. The van der Waals surface area contributed by atoms with Crippen molar-refractivity contribution in [1.29, 1.82) is 0 Å². The predicted molar refractivity (Wildman–Crippen MR) is 84.6 cm³/mol. The molecule has 1 aromatic carbocycles. The molecule has 4 nitrogen and oxygen atoms in total. The third kappa shape index (κ3) is 3.06. The van der Waals surface area contributed by atoms with Crippen molar-refractivity contribution in [1.82, 2.24) is 10.1 Å². The highest BCUT2D eigenvalue weighted by atomic mass is 16.5. The van der Waals surface area contributed by atoms with Crippen LogP contribution in [-0.2, 0) is 24.2 Å². The van der Waals surface area contributed by atoms with Crippen LogP contribution in [0.3, 0.4) is 0 Å². The Balaban J connectivity index is 1.72. The topological polar surface area (TPSA) is 46.3 Å². The summed E-state index contributed by atoms with van der Waals surface area (Å²) in [5, 5.41) is 3.91. The van der Waals surface area contributed by atoms with Gasteiger partial charge in [-0.05, 0) is 36.0 Å². The van der Waals surface area contributed by atoms with Gasteiger partial charge in [0.15, 0.2) is 0 Å². The molecule has 0 radical (unpaired) electrons. The molecule has 0 bridgehead atoms. The second kappa shape index (κ2) is 5.95. The molecule has 1 aliphatic rings. The minimum Gasteiger partial charge on any atom is -0.361 e. The zero-order valence-electron chi connectivity index (χ0n) is 13.4. The van der Waals surface area contributed by atoms with Gasteiger partial charge in [-0.25, -0.2) is 0 Å². The fourth-order valence-electron chi connectivity index (χ4n) is 2.92. The Hall–Kier alpha value is -2.10. The van der Waals surface area contributed by atoms with Crippen LogP contribution in [0.5, 0.6) is 0 Å². The van der Waals surface area contributed by atoms with Gasteiger partial charge in [-0.2, -0.15) is 0 Å².